The minimum absolute atomic E-state index is 0.0315. The molecular formula is C30H48O6Si2. The van der Waals surface area contributed by atoms with Crippen LogP contribution in [-0.4, -0.2) is 40.6 Å². The molecule has 0 amide bonds. The molecule has 1 atom stereocenters. The standard InChI is InChI=1S/C17H28O4Si.C13H20O2Si/c1-7-20-16(19)12-15(18)13-8-10-14(11-9-13)21-22(5,6)17(2,3)4;1-13(2,3)16(4,5)15-12-8-6-11(10-14)7-9-12/h8-11,15,18H,7,12H2,1-6H3;6-10H,1-5H3. The maximum atomic E-state index is 11.4. The van der Waals surface area contributed by atoms with Crippen molar-refractivity contribution in [3.05, 3.63) is 59.7 Å². The summed E-state index contributed by atoms with van der Waals surface area (Å²) in [7, 11) is -3.63. The zero-order chi connectivity index (χ0) is 29.4. The fourth-order valence-corrected chi connectivity index (χ4v) is 4.83. The van der Waals surface area contributed by atoms with Crippen LogP contribution in [0.3, 0.4) is 0 Å². The van der Waals surface area contributed by atoms with E-state index in [0.29, 0.717) is 17.7 Å². The lowest BCUT2D eigenvalue weighted by Gasteiger charge is -2.36. The van der Waals surface area contributed by atoms with Crippen LogP contribution in [0, 0.1) is 0 Å². The number of aliphatic hydroxyl groups is 1. The summed E-state index contributed by atoms with van der Waals surface area (Å²) in [5.41, 5.74) is 1.37. The highest BCUT2D eigenvalue weighted by Gasteiger charge is 2.39. The van der Waals surface area contributed by atoms with Gasteiger partial charge in [-0.3, -0.25) is 9.59 Å². The largest absolute Gasteiger partial charge is 0.544 e. The first-order valence-electron chi connectivity index (χ1n) is 13.2. The third kappa shape index (κ3) is 10.4. The van der Waals surface area contributed by atoms with Crippen LogP contribution in [0.25, 0.3) is 0 Å². The Bertz CT molecular complexity index is 1020. The summed E-state index contributed by atoms with van der Waals surface area (Å²) >= 11 is 0. The van der Waals surface area contributed by atoms with Crippen molar-refractivity contribution in [2.24, 2.45) is 0 Å². The molecule has 0 aliphatic rings. The SMILES string of the molecule is CC(C)(C)[Si](C)(C)Oc1ccc(C=O)cc1.CCOC(=O)CC(O)c1ccc(O[Si](C)(C)C(C)(C)C)cc1. The molecular weight excluding hydrogens is 512 g/mol. The lowest BCUT2D eigenvalue weighted by molar-refractivity contribution is -0.145. The van der Waals surface area contributed by atoms with Crippen LogP contribution in [-0.2, 0) is 9.53 Å². The number of aldehydes is 1. The van der Waals surface area contributed by atoms with Crippen molar-refractivity contribution < 1.29 is 28.3 Å². The van der Waals surface area contributed by atoms with Gasteiger partial charge in [0.25, 0.3) is 0 Å². The zero-order valence-corrected chi connectivity index (χ0v) is 27.2. The van der Waals surface area contributed by atoms with E-state index in [0.717, 1.165) is 17.8 Å². The maximum Gasteiger partial charge on any atom is 0.308 e. The highest BCUT2D eigenvalue weighted by atomic mass is 28.4. The van der Waals surface area contributed by atoms with Crippen LogP contribution >= 0.6 is 0 Å². The van der Waals surface area contributed by atoms with Crippen LogP contribution in [0.15, 0.2) is 48.5 Å². The van der Waals surface area contributed by atoms with Gasteiger partial charge in [-0.2, -0.15) is 0 Å². The molecule has 0 radical (unpaired) electrons. The Hall–Kier alpha value is -2.43. The van der Waals surface area contributed by atoms with Gasteiger partial charge in [-0.25, -0.2) is 0 Å². The first kappa shape index (κ1) is 33.6. The number of aliphatic hydroxyl groups excluding tert-OH is 1. The van der Waals surface area contributed by atoms with E-state index in [1.54, 1.807) is 31.2 Å². The first-order chi connectivity index (χ1) is 17.3. The highest BCUT2D eigenvalue weighted by molar-refractivity contribution is 6.75. The molecule has 0 saturated carbocycles. The molecule has 0 fully saturated rings. The Kier molecular flexibility index (Phi) is 12.0. The van der Waals surface area contributed by atoms with E-state index in [9.17, 15) is 14.7 Å². The third-order valence-electron chi connectivity index (χ3n) is 7.30. The van der Waals surface area contributed by atoms with Gasteiger partial charge in [-0.1, -0.05) is 53.7 Å². The number of ether oxygens (including phenoxy) is 1. The number of benzene rings is 2. The number of hydrogen-bond acceptors (Lipinski definition) is 6. The zero-order valence-electron chi connectivity index (χ0n) is 25.2. The van der Waals surface area contributed by atoms with Gasteiger partial charge >= 0.3 is 5.97 Å². The highest BCUT2D eigenvalue weighted by Crippen LogP contribution is 2.38. The predicted octanol–water partition coefficient (Wildman–Crippen LogP) is 7.94. The second-order valence-electron chi connectivity index (χ2n) is 12.5. The van der Waals surface area contributed by atoms with Crippen LogP contribution < -0.4 is 8.85 Å². The first-order valence-corrected chi connectivity index (χ1v) is 19.0. The van der Waals surface area contributed by atoms with Crippen LogP contribution in [0.4, 0.5) is 0 Å². The number of carbonyl (C=O) groups excluding carboxylic acids is 2. The van der Waals surface area contributed by atoms with Crippen molar-refractivity contribution in [2.45, 2.75) is 97.3 Å². The molecule has 2 aromatic carbocycles. The van der Waals surface area contributed by atoms with Gasteiger partial charge in [-0.05, 0) is 85.1 Å². The number of esters is 1. The minimum Gasteiger partial charge on any atom is -0.544 e. The molecule has 0 aliphatic carbocycles. The van der Waals surface area contributed by atoms with Crippen molar-refractivity contribution >= 4 is 28.9 Å². The summed E-state index contributed by atoms with van der Waals surface area (Å²) in [5, 5.41) is 10.4. The summed E-state index contributed by atoms with van der Waals surface area (Å²) in [4.78, 5) is 21.9. The Morgan fingerprint density at radius 3 is 1.55 bits per heavy atom. The Morgan fingerprint density at radius 2 is 1.21 bits per heavy atom. The van der Waals surface area contributed by atoms with E-state index in [-0.39, 0.29) is 16.5 Å². The fraction of sp³-hybridized carbons (Fsp3) is 0.533. The molecule has 6 nitrogen and oxygen atoms in total. The fourth-order valence-electron chi connectivity index (χ4n) is 2.76. The molecule has 212 valence electrons. The molecule has 1 unspecified atom stereocenters. The van der Waals surface area contributed by atoms with Crippen molar-refractivity contribution in [3.63, 3.8) is 0 Å². The quantitative estimate of drug-likeness (QED) is 0.190. The van der Waals surface area contributed by atoms with Gasteiger partial charge in [0.15, 0.2) is 0 Å². The van der Waals surface area contributed by atoms with Crippen molar-refractivity contribution in [1.29, 1.82) is 0 Å². The monoisotopic (exact) mass is 560 g/mol. The van der Waals surface area contributed by atoms with E-state index in [1.165, 1.54) is 0 Å². The van der Waals surface area contributed by atoms with Gasteiger partial charge < -0.3 is 18.7 Å². The molecule has 2 rings (SSSR count). The van der Waals surface area contributed by atoms with Crippen molar-refractivity contribution in [1.82, 2.24) is 0 Å². The normalized spacial score (nSPS) is 13.1. The molecule has 0 saturated heterocycles. The lowest BCUT2D eigenvalue weighted by atomic mass is 10.1. The average molecular weight is 561 g/mol. The molecule has 0 aromatic heterocycles. The third-order valence-corrected chi connectivity index (χ3v) is 16.0. The lowest BCUT2D eigenvalue weighted by Crippen LogP contribution is -2.43. The molecule has 0 bridgehead atoms. The van der Waals surface area contributed by atoms with Crippen molar-refractivity contribution in [3.8, 4) is 11.5 Å². The molecule has 8 heteroatoms. The maximum absolute atomic E-state index is 11.4. The Labute approximate surface area is 232 Å². The summed E-state index contributed by atoms with van der Waals surface area (Å²) in [6, 6.07) is 14.6. The Morgan fingerprint density at radius 1 is 0.816 bits per heavy atom. The molecule has 1 N–H and O–H groups in total. The molecule has 38 heavy (non-hydrogen) atoms. The number of carbonyl (C=O) groups is 2. The van der Waals surface area contributed by atoms with Gasteiger partial charge in [0, 0.05) is 5.56 Å². The summed E-state index contributed by atoms with van der Waals surface area (Å²) < 4.78 is 17.1. The molecule has 0 heterocycles. The second kappa shape index (κ2) is 13.6. The second-order valence-corrected chi connectivity index (χ2v) is 22.0. The summed E-state index contributed by atoms with van der Waals surface area (Å²) in [5.74, 6) is 1.27. The van der Waals surface area contributed by atoms with E-state index in [4.69, 9.17) is 13.6 Å². The number of rotatable bonds is 9. The molecule has 0 spiro atoms. The van der Waals surface area contributed by atoms with E-state index >= 15 is 0 Å². The predicted molar refractivity (Wildman–Crippen MR) is 160 cm³/mol. The van der Waals surface area contributed by atoms with Gasteiger partial charge in [0.2, 0.25) is 16.6 Å². The van der Waals surface area contributed by atoms with Gasteiger partial charge in [0.1, 0.15) is 17.8 Å². The summed E-state index contributed by atoms with van der Waals surface area (Å²) in [6.45, 7) is 24.1. The van der Waals surface area contributed by atoms with Crippen LogP contribution in [0.5, 0.6) is 11.5 Å². The van der Waals surface area contributed by atoms with E-state index < -0.39 is 28.7 Å². The van der Waals surface area contributed by atoms with Gasteiger partial charge in [-0.15, -0.1) is 0 Å². The molecule has 2 aromatic rings. The van der Waals surface area contributed by atoms with E-state index in [1.807, 2.05) is 24.3 Å². The van der Waals surface area contributed by atoms with E-state index in [2.05, 4.69) is 67.7 Å². The Balaban J connectivity index is 0.000000399. The topological polar surface area (TPSA) is 82.1 Å². The smallest absolute Gasteiger partial charge is 0.308 e. The number of hydrogen-bond donors (Lipinski definition) is 1. The van der Waals surface area contributed by atoms with Crippen LogP contribution in [0.2, 0.25) is 36.3 Å². The molecule has 0 aliphatic heterocycles. The van der Waals surface area contributed by atoms with Crippen LogP contribution in [0.1, 0.15) is 76.9 Å². The van der Waals surface area contributed by atoms with Gasteiger partial charge in [0.05, 0.1) is 19.1 Å². The van der Waals surface area contributed by atoms with Crippen molar-refractivity contribution in [2.75, 3.05) is 6.61 Å². The minimum atomic E-state index is -1.86. The average Bonchev–Trinajstić information content (AvgIpc) is 2.78. The summed E-state index contributed by atoms with van der Waals surface area (Å²) in [6.07, 6.45) is -0.0344.